The van der Waals surface area contributed by atoms with Gasteiger partial charge in [0.25, 0.3) is 5.56 Å². The summed E-state index contributed by atoms with van der Waals surface area (Å²) in [4.78, 5) is 40.0. The van der Waals surface area contributed by atoms with Crippen molar-refractivity contribution in [2.24, 2.45) is 0 Å². The van der Waals surface area contributed by atoms with Gasteiger partial charge in [0.2, 0.25) is 5.91 Å². The van der Waals surface area contributed by atoms with Crippen molar-refractivity contribution >= 4 is 22.8 Å². The lowest BCUT2D eigenvalue weighted by molar-refractivity contribution is -0.119. The molecule has 0 aliphatic carbocycles. The second kappa shape index (κ2) is 6.49. The molecule has 0 fully saturated rings. The molecule has 0 unspecified atom stereocenters. The van der Waals surface area contributed by atoms with Gasteiger partial charge in [-0.1, -0.05) is 0 Å². The molecule has 2 N–H and O–H groups in total. The summed E-state index contributed by atoms with van der Waals surface area (Å²) in [7, 11) is 0. The monoisotopic (exact) mass is 423 g/mol. The summed E-state index contributed by atoms with van der Waals surface area (Å²) in [6.45, 7) is 3.17. The van der Waals surface area contributed by atoms with E-state index in [-0.39, 0.29) is 52.1 Å². The molecule has 5 heterocycles. The Morgan fingerprint density at radius 1 is 1.19 bits per heavy atom. The Balaban J connectivity index is 1.70. The smallest absolute Gasteiger partial charge is 0.257 e. The molecule has 1 amide bonds. The van der Waals surface area contributed by atoms with Crippen molar-refractivity contribution in [2.45, 2.75) is 25.8 Å². The van der Waals surface area contributed by atoms with Crippen LogP contribution in [0.4, 0.5) is 14.6 Å². The lowest BCUT2D eigenvalue weighted by atomic mass is 9.88. The maximum atomic E-state index is 14.1. The van der Waals surface area contributed by atoms with Gasteiger partial charge >= 0.3 is 0 Å². The second-order valence-electron chi connectivity index (χ2n) is 7.68. The molecule has 0 radical (unpaired) electrons. The number of carbonyl (C=O) groups excluding carboxylic acids is 1. The second-order valence-corrected chi connectivity index (χ2v) is 7.68. The van der Waals surface area contributed by atoms with Gasteiger partial charge in [-0.05, 0) is 32.0 Å². The van der Waals surface area contributed by atoms with Gasteiger partial charge < -0.3 is 10.3 Å². The van der Waals surface area contributed by atoms with Crippen LogP contribution in [0.3, 0.4) is 0 Å². The highest BCUT2D eigenvalue weighted by molar-refractivity contribution is 6.04. The molecule has 4 aromatic heterocycles. The summed E-state index contributed by atoms with van der Waals surface area (Å²) in [6, 6.07) is 3.94. The van der Waals surface area contributed by atoms with Crippen molar-refractivity contribution in [1.29, 1.82) is 0 Å². The van der Waals surface area contributed by atoms with Crippen molar-refractivity contribution in [2.75, 3.05) is 5.32 Å². The molecule has 0 saturated heterocycles. The number of nitrogens with one attached hydrogen (secondary N) is 2. The van der Waals surface area contributed by atoms with Crippen molar-refractivity contribution in [3.05, 3.63) is 63.8 Å². The number of amides is 1. The van der Waals surface area contributed by atoms with Crippen LogP contribution < -0.4 is 10.9 Å². The number of hydrogen-bond donors (Lipinski definition) is 2. The van der Waals surface area contributed by atoms with Gasteiger partial charge in [0.1, 0.15) is 23.1 Å². The lowest BCUT2D eigenvalue weighted by Gasteiger charge is -2.13. The van der Waals surface area contributed by atoms with E-state index in [1.54, 1.807) is 13.8 Å². The van der Waals surface area contributed by atoms with Gasteiger partial charge in [-0.25, -0.2) is 23.4 Å². The molecule has 0 aromatic carbocycles. The number of rotatable bonds is 3. The van der Waals surface area contributed by atoms with Crippen LogP contribution in [0.5, 0.6) is 0 Å². The average molecular weight is 423 g/mol. The minimum Gasteiger partial charge on any atom is -0.309 e. The molecule has 4 aromatic rings. The largest absolute Gasteiger partial charge is 0.309 e. The SMILES string of the molecule is CC1(C)C(=O)Nc2nc(-c3nn(Cc4ncccc4F)c4ncc(F)cc34)[nH]c(=O)c21. The van der Waals surface area contributed by atoms with Crippen molar-refractivity contribution in [3.8, 4) is 11.5 Å². The van der Waals surface area contributed by atoms with Gasteiger partial charge in [-0.2, -0.15) is 5.10 Å². The lowest BCUT2D eigenvalue weighted by Crippen LogP contribution is -2.31. The van der Waals surface area contributed by atoms with E-state index in [0.29, 0.717) is 0 Å². The zero-order chi connectivity index (χ0) is 21.9. The number of H-pyrrole nitrogens is 1. The Morgan fingerprint density at radius 2 is 2.00 bits per heavy atom. The zero-order valence-corrected chi connectivity index (χ0v) is 16.4. The van der Waals surface area contributed by atoms with E-state index >= 15 is 0 Å². The Kier molecular flexibility index (Phi) is 3.97. The van der Waals surface area contributed by atoms with Crippen LogP contribution in [0, 0.1) is 11.6 Å². The molecule has 11 heteroatoms. The average Bonchev–Trinajstić information content (AvgIpc) is 3.17. The van der Waals surface area contributed by atoms with Gasteiger partial charge in [0.05, 0.1) is 34.8 Å². The number of hydrogen-bond acceptors (Lipinski definition) is 6. The predicted octanol–water partition coefficient (Wildman–Crippen LogP) is 2.13. The van der Waals surface area contributed by atoms with Crippen LogP contribution in [-0.2, 0) is 16.8 Å². The van der Waals surface area contributed by atoms with E-state index in [2.05, 4.69) is 30.4 Å². The fourth-order valence-corrected chi connectivity index (χ4v) is 3.63. The molecule has 156 valence electrons. The first-order valence-corrected chi connectivity index (χ1v) is 9.34. The summed E-state index contributed by atoms with van der Waals surface area (Å²) < 4.78 is 29.4. The fourth-order valence-electron chi connectivity index (χ4n) is 3.63. The van der Waals surface area contributed by atoms with E-state index in [1.165, 1.54) is 29.1 Å². The first-order chi connectivity index (χ1) is 14.8. The minimum atomic E-state index is -1.04. The van der Waals surface area contributed by atoms with Crippen LogP contribution in [-0.4, -0.2) is 35.6 Å². The molecule has 9 nitrogen and oxygen atoms in total. The number of carbonyl (C=O) groups is 1. The highest BCUT2D eigenvalue weighted by Gasteiger charge is 2.42. The Labute approximate surface area is 173 Å². The normalized spacial score (nSPS) is 14.6. The zero-order valence-electron chi connectivity index (χ0n) is 16.4. The third-order valence-corrected chi connectivity index (χ3v) is 5.26. The molecule has 0 spiro atoms. The summed E-state index contributed by atoms with van der Waals surface area (Å²) in [5.41, 5.74) is -0.823. The van der Waals surface area contributed by atoms with Crippen LogP contribution in [0.15, 0.2) is 35.4 Å². The van der Waals surface area contributed by atoms with Gasteiger partial charge in [-0.15, -0.1) is 0 Å². The first-order valence-electron chi connectivity index (χ1n) is 9.34. The predicted molar refractivity (Wildman–Crippen MR) is 106 cm³/mol. The highest BCUT2D eigenvalue weighted by atomic mass is 19.1. The van der Waals surface area contributed by atoms with E-state index in [0.717, 1.165) is 6.20 Å². The molecule has 31 heavy (non-hydrogen) atoms. The summed E-state index contributed by atoms with van der Waals surface area (Å²) in [6.07, 6.45) is 2.46. The number of aromatic amines is 1. The van der Waals surface area contributed by atoms with Crippen LogP contribution in [0.25, 0.3) is 22.6 Å². The molecule has 0 atom stereocenters. The number of nitrogens with zero attached hydrogens (tertiary/aromatic N) is 5. The van der Waals surface area contributed by atoms with E-state index in [9.17, 15) is 18.4 Å². The molecule has 1 aliphatic rings. The fraction of sp³-hybridized carbons (Fsp3) is 0.200. The molecule has 0 saturated carbocycles. The first kappa shape index (κ1) is 19.0. The van der Waals surface area contributed by atoms with Crippen molar-refractivity contribution in [1.82, 2.24) is 29.7 Å². The third kappa shape index (κ3) is 2.88. The molecular weight excluding hydrogens is 408 g/mol. The number of aromatic nitrogens is 6. The summed E-state index contributed by atoms with van der Waals surface area (Å²) in [5.74, 6) is -1.35. The van der Waals surface area contributed by atoms with Crippen LogP contribution in [0.1, 0.15) is 25.1 Å². The molecule has 0 bridgehead atoms. The topological polar surface area (TPSA) is 118 Å². The van der Waals surface area contributed by atoms with Crippen LogP contribution in [0.2, 0.25) is 0 Å². The molecular formula is C20H15F2N7O2. The Bertz CT molecular complexity index is 1440. The maximum Gasteiger partial charge on any atom is 0.257 e. The number of fused-ring (bicyclic) bond motifs is 2. The van der Waals surface area contributed by atoms with Crippen molar-refractivity contribution < 1.29 is 13.6 Å². The quantitative estimate of drug-likeness (QED) is 0.521. The van der Waals surface area contributed by atoms with Gasteiger partial charge in [-0.3, -0.25) is 14.6 Å². The van der Waals surface area contributed by atoms with E-state index in [4.69, 9.17) is 0 Å². The Hall–Kier alpha value is -4.02. The number of anilines is 1. The highest BCUT2D eigenvalue weighted by Crippen LogP contribution is 2.34. The summed E-state index contributed by atoms with van der Waals surface area (Å²) in [5, 5.41) is 7.26. The van der Waals surface area contributed by atoms with Crippen LogP contribution >= 0.6 is 0 Å². The van der Waals surface area contributed by atoms with Gasteiger partial charge in [0, 0.05) is 6.20 Å². The minimum absolute atomic E-state index is 0.0272. The Morgan fingerprint density at radius 3 is 2.77 bits per heavy atom. The molecule has 5 rings (SSSR count). The van der Waals surface area contributed by atoms with Crippen molar-refractivity contribution in [3.63, 3.8) is 0 Å². The number of pyridine rings is 2. The maximum absolute atomic E-state index is 14.1. The molecule has 1 aliphatic heterocycles. The number of halogens is 2. The van der Waals surface area contributed by atoms with E-state index < -0.39 is 22.6 Å². The summed E-state index contributed by atoms with van der Waals surface area (Å²) >= 11 is 0. The van der Waals surface area contributed by atoms with Gasteiger partial charge in [0.15, 0.2) is 11.5 Å². The standard InChI is InChI=1S/C20H15F2N7O2/c1-20(2)13-15(27-19(20)31)25-16(26-18(13)30)14-10-6-9(21)7-24-17(10)29(28-14)8-12-11(22)4-3-5-23-12/h3-7H,8H2,1-2H3,(H2,25,26,27,30,31). The van der Waals surface area contributed by atoms with E-state index in [1.807, 2.05) is 0 Å². The third-order valence-electron chi connectivity index (χ3n) is 5.26.